The number of hydrogen-bond donors (Lipinski definition) is 2. The Bertz CT molecular complexity index is 620. The van der Waals surface area contributed by atoms with E-state index < -0.39 is 0 Å². The molecule has 0 radical (unpaired) electrons. The highest BCUT2D eigenvalue weighted by Gasteiger charge is 2.07. The molecular weight excluding hydrogens is 322 g/mol. The number of pyridine rings is 1. The van der Waals surface area contributed by atoms with Gasteiger partial charge in [-0.3, -0.25) is 5.41 Å². The van der Waals surface area contributed by atoms with Crippen LogP contribution in [0, 0.1) is 19.3 Å². The topological polar surface area (TPSA) is 62.8 Å². The van der Waals surface area contributed by atoms with E-state index in [1.54, 1.807) is 11.8 Å². The predicted molar refractivity (Wildman–Crippen MR) is 83.0 cm³/mol. The van der Waals surface area contributed by atoms with Crippen molar-refractivity contribution in [3.8, 4) is 0 Å². The number of nitrogens with one attached hydrogen (secondary N) is 1. The van der Waals surface area contributed by atoms with Crippen LogP contribution in [0.4, 0.5) is 0 Å². The van der Waals surface area contributed by atoms with Crippen molar-refractivity contribution in [1.29, 1.82) is 5.41 Å². The van der Waals surface area contributed by atoms with Gasteiger partial charge in [0.2, 0.25) is 0 Å². The van der Waals surface area contributed by atoms with Gasteiger partial charge in [0.25, 0.3) is 0 Å². The molecule has 3 nitrogen and oxygen atoms in total. The molecular formula is C14H14BrN3S. The van der Waals surface area contributed by atoms with Crippen LogP contribution in [0.1, 0.15) is 16.8 Å². The highest BCUT2D eigenvalue weighted by atomic mass is 79.9. The Hall–Kier alpha value is -1.33. The van der Waals surface area contributed by atoms with Gasteiger partial charge in [0.05, 0.1) is 0 Å². The Morgan fingerprint density at radius 1 is 1.26 bits per heavy atom. The van der Waals surface area contributed by atoms with E-state index in [9.17, 15) is 0 Å². The van der Waals surface area contributed by atoms with Gasteiger partial charge < -0.3 is 5.73 Å². The first-order valence-corrected chi connectivity index (χ1v) is 7.34. The van der Waals surface area contributed by atoms with Crippen molar-refractivity contribution in [2.75, 3.05) is 0 Å². The van der Waals surface area contributed by atoms with Crippen molar-refractivity contribution >= 4 is 33.5 Å². The fraction of sp³-hybridized carbons (Fsp3) is 0.143. The van der Waals surface area contributed by atoms with Crippen molar-refractivity contribution in [2.24, 2.45) is 5.73 Å². The molecule has 1 aromatic heterocycles. The molecule has 0 saturated carbocycles. The van der Waals surface area contributed by atoms with Gasteiger partial charge in [-0.15, -0.1) is 0 Å². The summed E-state index contributed by atoms with van der Waals surface area (Å²) in [5.41, 5.74) is 8.39. The number of nitrogens with zero attached hydrogens (tertiary/aromatic N) is 1. The number of aromatic nitrogens is 1. The lowest BCUT2D eigenvalue weighted by Crippen LogP contribution is -2.10. The molecule has 0 unspecified atom stereocenters. The molecule has 3 N–H and O–H groups in total. The van der Waals surface area contributed by atoms with E-state index in [0.29, 0.717) is 5.56 Å². The van der Waals surface area contributed by atoms with E-state index in [4.69, 9.17) is 11.1 Å². The summed E-state index contributed by atoms with van der Waals surface area (Å²) in [6.45, 7) is 4.05. The van der Waals surface area contributed by atoms with Crippen LogP contribution < -0.4 is 5.73 Å². The van der Waals surface area contributed by atoms with Crippen LogP contribution in [0.15, 0.2) is 44.7 Å². The molecule has 98 valence electrons. The van der Waals surface area contributed by atoms with Gasteiger partial charge in [-0.2, -0.15) is 0 Å². The number of hydrogen-bond acceptors (Lipinski definition) is 3. The predicted octanol–water partition coefficient (Wildman–Crippen LogP) is 3.90. The summed E-state index contributed by atoms with van der Waals surface area (Å²) in [6.07, 6.45) is 0. The summed E-state index contributed by atoms with van der Waals surface area (Å²) >= 11 is 5.10. The number of amidine groups is 1. The molecule has 2 aromatic rings. The molecule has 1 heterocycles. The summed E-state index contributed by atoms with van der Waals surface area (Å²) in [5, 5.41) is 8.38. The van der Waals surface area contributed by atoms with E-state index in [2.05, 4.69) is 40.0 Å². The van der Waals surface area contributed by atoms with Gasteiger partial charge >= 0.3 is 0 Å². The van der Waals surface area contributed by atoms with Crippen LogP contribution in [-0.2, 0) is 0 Å². The molecule has 0 bridgehead atoms. The molecule has 0 spiro atoms. The van der Waals surface area contributed by atoms with Crippen LogP contribution in [0.2, 0.25) is 0 Å². The van der Waals surface area contributed by atoms with E-state index in [1.807, 2.05) is 25.1 Å². The Labute approximate surface area is 125 Å². The van der Waals surface area contributed by atoms with Gasteiger partial charge in [-0.25, -0.2) is 4.98 Å². The van der Waals surface area contributed by atoms with Gasteiger partial charge in [0.15, 0.2) is 0 Å². The van der Waals surface area contributed by atoms with Crippen LogP contribution >= 0.6 is 27.7 Å². The fourth-order valence-corrected chi connectivity index (χ4v) is 3.29. The molecule has 0 atom stereocenters. The minimum Gasteiger partial charge on any atom is -0.384 e. The van der Waals surface area contributed by atoms with Crippen LogP contribution in [0.5, 0.6) is 0 Å². The molecule has 0 aliphatic rings. The highest BCUT2D eigenvalue weighted by Crippen LogP contribution is 2.33. The zero-order chi connectivity index (χ0) is 14.0. The molecule has 5 heteroatoms. The Morgan fingerprint density at radius 3 is 2.58 bits per heavy atom. The van der Waals surface area contributed by atoms with Crippen molar-refractivity contribution < 1.29 is 0 Å². The van der Waals surface area contributed by atoms with Crippen molar-refractivity contribution in [1.82, 2.24) is 4.98 Å². The van der Waals surface area contributed by atoms with Gasteiger partial charge in [-0.05, 0) is 59.6 Å². The molecule has 0 aliphatic heterocycles. The number of halogens is 1. The summed E-state index contributed by atoms with van der Waals surface area (Å²) in [6, 6.07) is 9.76. The van der Waals surface area contributed by atoms with Gasteiger partial charge in [-0.1, -0.05) is 17.8 Å². The van der Waals surface area contributed by atoms with E-state index >= 15 is 0 Å². The van der Waals surface area contributed by atoms with Crippen molar-refractivity contribution in [3.63, 3.8) is 0 Å². The maximum Gasteiger partial charge on any atom is 0.122 e. The van der Waals surface area contributed by atoms with Crippen molar-refractivity contribution in [3.05, 3.63) is 51.6 Å². The average molecular weight is 336 g/mol. The van der Waals surface area contributed by atoms with E-state index in [0.717, 1.165) is 20.1 Å². The molecule has 0 amide bonds. The van der Waals surface area contributed by atoms with E-state index in [-0.39, 0.29) is 5.84 Å². The zero-order valence-corrected chi connectivity index (χ0v) is 13.1. The summed E-state index contributed by atoms with van der Waals surface area (Å²) in [5.74, 6) is 0.0711. The molecule has 1 aromatic carbocycles. The monoisotopic (exact) mass is 335 g/mol. The highest BCUT2D eigenvalue weighted by molar-refractivity contribution is 9.10. The lowest BCUT2D eigenvalue weighted by Gasteiger charge is -2.07. The minimum absolute atomic E-state index is 0.0711. The second-order valence-electron chi connectivity index (χ2n) is 4.29. The van der Waals surface area contributed by atoms with Gasteiger partial charge in [0.1, 0.15) is 10.9 Å². The Morgan fingerprint density at radius 2 is 2.00 bits per heavy atom. The Kier molecular flexibility index (Phi) is 4.27. The van der Waals surface area contributed by atoms with Gasteiger partial charge in [0, 0.05) is 20.6 Å². The summed E-state index contributed by atoms with van der Waals surface area (Å²) in [4.78, 5) is 5.56. The third-order valence-corrected chi connectivity index (χ3v) is 4.44. The number of nitrogens with two attached hydrogens (primary N) is 1. The normalized spacial score (nSPS) is 10.5. The number of benzene rings is 1. The zero-order valence-electron chi connectivity index (χ0n) is 10.7. The first kappa shape index (κ1) is 14.1. The standard InChI is InChI=1S/C14H14BrN3S/c1-8-5-9(2)18-13(6-8)19-12-4-3-10(14(16)17)7-11(12)15/h3-7H,1-2H3,(H3,16,17). The third-order valence-electron chi connectivity index (χ3n) is 2.53. The molecule has 0 fully saturated rings. The number of nitrogen functional groups attached to an aromatic ring is 1. The minimum atomic E-state index is 0.0711. The largest absolute Gasteiger partial charge is 0.384 e. The van der Waals surface area contributed by atoms with E-state index in [1.165, 1.54) is 5.56 Å². The molecule has 2 rings (SSSR count). The molecule has 0 aliphatic carbocycles. The maximum absolute atomic E-state index is 7.42. The second kappa shape index (κ2) is 5.75. The molecule has 0 saturated heterocycles. The second-order valence-corrected chi connectivity index (χ2v) is 6.20. The SMILES string of the molecule is Cc1cc(C)nc(Sc2ccc(C(=N)N)cc2Br)c1. The van der Waals surface area contributed by atoms with Crippen molar-refractivity contribution in [2.45, 2.75) is 23.8 Å². The average Bonchev–Trinajstić information content (AvgIpc) is 2.30. The quantitative estimate of drug-likeness (QED) is 0.660. The summed E-state index contributed by atoms with van der Waals surface area (Å²) < 4.78 is 0.922. The maximum atomic E-state index is 7.42. The first-order chi connectivity index (χ1) is 8.95. The number of aryl methyl sites for hydroxylation is 2. The van der Waals surface area contributed by atoms with Crippen LogP contribution in [-0.4, -0.2) is 10.8 Å². The summed E-state index contributed by atoms with van der Waals surface area (Å²) in [7, 11) is 0. The Balaban J connectivity index is 2.30. The third kappa shape index (κ3) is 3.58. The van der Waals surface area contributed by atoms with Crippen LogP contribution in [0.25, 0.3) is 0 Å². The first-order valence-electron chi connectivity index (χ1n) is 5.73. The lowest BCUT2D eigenvalue weighted by molar-refractivity contribution is 1.05. The number of rotatable bonds is 3. The molecule has 19 heavy (non-hydrogen) atoms. The van der Waals surface area contributed by atoms with Crippen LogP contribution in [0.3, 0.4) is 0 Å². The lowest BCUT2D eigenvalue weighted by atomic mass is 10.2. The fourth-order valence-electron chi connectivity index (χ4n) is 1.72. The smallest absolute Gasteiger partial charge is 0.122 e.